The fraction of sp³-hybridized carbons (Fsp3) is 0.111. The maximum Gasteiger partial charge on any atom is 0.325 e. The predicted molar refractivity (Wildman–Crippen MR) is 88.3 cm³/mol. The van der Waals surface area contributed by atoms with Gasteiger partial charge in [-0.05, 0) is 12.1 Å². The molecule has 25 heavy (non-hydrogen) atoms. The molecule has 1 amide bonds. The lowest BCUT2D eigenvalue weighted by Crippen LogP contribution is -2.30. The van der Waals surface area contributed by atoms with E-state index in [1.165, 1.54) is 0 Å². The van der Waals surface area contributed by atoms with E-state index in [2.05, 4.69) is 15.5 Å². The zero-order chi connectivity index (χ0) is 17.5. The fourth-order valence-corrected chi connectivity index (χ4v) is 2.06. The zero-order valence-corrected chi connectivity index (χ0v) is 13.2. The number of amides is 1. The molecule has 0 aliphatic rings. The van der Waals surface area contributed by atoms with Crippen LogP contribution >= 0.6 is 0 Å². The average Bonchev–Trinajstić information content (AvgIpc) is 3.15. The number of benzene rings is 2. The van der Waals surface area contributed by atoms with Crippen LogP contribution in [0.25, 0.3) is 11.4 Å². The number of hydrogen-bond acceptors (Lipinski definition) is 6. The van der Waals surface area contributed by atoms with Gasteiger partial charge in [-0.2, -0.15) is 4.98 Å². The van der Waals surface area contributed by atoms with Gasteiger partial charge < -0.3 is 14.6 Å². The average molecular weight is 337 g/mol. The summed E-state index contributed by atoms with van der Waals surface area (Å²) in [6, 6.07) is 17.9. The Bertz CT molecular complexity index is 847. The van der Waals surface area contributed by atoms with Crippen LogP contribution in [-0.2, 0) is 16.1 Å². The van der Waals surface area contributed by atoms with E-state index >= 15 is 0 Å². The Labute approximate surface area is 143 Å². The molecule has 0 bridgehead atoms. The molecule has 1 aromatic heterocycles. The molecule has 1 heterocycles. The Morgan fingerprint density at radius 3 is 2.40 bits per heavy atom. The van der Waals surface area contributed by atoms with Crippen molar-refractivity contribution in [2.45, 2.75) is 6.61 Å². The summed E-state index contributed by atoms with van der Waals surface area (Å²) in [6.45, 7) is -0.396. The van der Waals surface area contributed by atoms with Gasteiger partial charge in [0.1, 0.15) is 6.54 Å². The van der Waals surface area contributed by atoms with Crippen molar-refractivity contribution in [1.29, 1.82) is 0 Å². The monoisotopic (exact) mass is 337 g/mol. The van der Waals surface area contributed by atoms with Gasteiger partial charge in [-0.15, -0.1) is 0 Å². The fourth-order valence-electron chi connectivity index (χ4n) is 2.06. The maximum absolute atomic E-state index is 11.8. The van der Waals surface area contributed by atoms with E-state index in [9.17, 15) is 9.59 Å². The number of nitrogens with zero attached hydrogens (tertiary/aromatic N) is 2. The summed E-state index contributed by atoms with van der Waals surface area (Å²) in [4.78, 5) is 27.7. The number of aromatic nitrogens is 2. The normalized spacial score (nSPS) is 10.2. The van der Waals surface area contributed by atoms with Crippen LogP contribution < -0.4 is 5.32 Å². The summed E-state index contributed by atoms with van der Waals surface area (Å²) in [5.41, 5.74) is 1.28. The first-order valence-corrected chi connectivity index (χ1v) is 7.59. The van der Waals surface area contributed by atoms with E-state index in [0.717, 1.165) is 5.56 Å². The van der Waals surface area contributed by atoms with Crippen molar-refractivity contribution < 1.29 is 18.8 Å². The molecule has 7 heteroatoms. The topological polar surface area (TPSA) is 94.3 Å². The molecule has 3 aromatic rings. The molecule has 0 fully saturated rings. The van der Waals surface area contributed by atoms with Crippen molar-refractivity contribution in [2.24, 2.45) is 0 Å². The molecule has 0 aliphatic carbocycles. The Kier molecular flexibility index (Phi) is 5.16. The molecule has 126 valence electrons. The summed E-state index contributed by atoms with van der Waals surface area (Å²) in [6.07, 6.45) is 0. The number of ether oxygens (including phenoxy) is 1. The van der Waals surface area contributed by atoms with Gasteiger partial charge in [0.15, 0.2) is 6.61 Å². The number of carbonyl (C=O) groups is 2. The highest BCUT2D eigenvalue weighted by Crippen LogP contribution is 2.14. The number of carbonyl (C=O) groups excluding carboxylic acids is 2. The van der Waals surface area contributed by atoms with Gasteiger partial charge in [-0.3, -0.25) is 9.59 Å². The molecule has 7 nitrogen and oxygen atoms in total. The lowest BCUT2D eigenvalue weighted by Gasteiger charge is -2.04. The Hall–Kier alpha value is -3.48. The van der Waals surface area contributed by atoms with Crippen LogP contribution in [0.1, 0.15) is 16.2 Å². The minimum absolute atomic E-state index is 0.153. The van der Waals surface area contributed by atoms with Gasteiger partial charge in [0.25, 0.3) is 11.8 Å². The molecular weight excluding hydrogens is 322 g/mol. The second-order valence-corrected chi connectivity index (χ2v) is 5.09. The minimum Gasteiger partial charge on any atom is -0.454 e. The van der Waals surface area contributed by atoms with E-state index in [0.29, 0.717) is 11.4 Å². The molecule has 1 N–H and O–H groups in total. The Balaban J connectivity index is 1.47. The molecule has 0 saturated heterocycles. The first-order valence-electron chi connectivity index (χ1n) is 7.59. The second kappa shape index (κ2) is 7.87. The Morgan fingerprint density at radius 2 is 1.68 bits per heavy atom. The van der Waals surface area contributed by atoms with Crippen molar-refractivity contribution in [3.05, 3.63) is 72.1 Å². The molecule has 3 rings (SSSR count). The van der Waals surface area contributed by atoms with Crippen LogP contribution in [-0.4, -0.2) is 28.6 Å². The third-order valence-electron chi connectivity index (χ3n) is 3.29. The molecule has 0 saturated carbocycles. The number of hydrogen-bond donors (Lipinski definition) is 1. The lowest BCUT2D eigenvalue weighted by molar-refractivity contribution is -0.144. The van der Waals surface area contributed by atoms with Gasteiger partial charge in [0, 0.05) is 11.1 Å². The van der Waals surface area contributed by atoms with Crippen molar-refractivity contribution in [1.82, 2.24) is 15.5 Å². The van der Waals surface area contributed by atoms with E-state index in [-0.39, 0.29) is 24.9 Å². The van der Waals surface area contributed by atoms with Crippen LogP contribution in [0, 0.1) is 0 Å². The first-order chi connectivity index (χ1) is 12.2. The van der Waals surface area contributed by atoms with Crippen LogP contribution in [0.3, 0.4) is 0 Å². The van der Waals surface area contributed by atoms with Gasteiger partial charge >= 0.3 is 5.97 Å². The summed E-state index contributed by atoms with van der Waals surface area (Å²) >= 11 is 0. The second-order valence-electron chi connectivity index (χ2n) is 5.09. The summed E-state index contributed by atoms with van der Waals surface area (Å²) in [5, 5.41) is 6.32. The predicted octanol–water partition coefficient (Wildman–Crippen LogP) is 2.21. The smallest absolute Gasteiger partial charge is 0.325 e. The van der Waals surface area contributed by atoms with Crippen molar-refractivity contribution in [3.8, 4) is 11.4 Å². The van der Waals surface area contributed by atoms with Gasteiger partial charge in [-0.25, -0.2) is 0 Å². The first kappa shape index (κ1) is 16.4. The third kappa shape index (κ3) is 4.51. The standard InChI is InChI=1S/C18H15N3O4/c22-16(11-19-18(23)14-9-5-2-6-10-14)24-12-15-20-17(21-25-15)13-7-3-1-4-8-13/h1-10H,11-12H2,(H,19,23). The Morgan fingerprint density at radius 1 is 1.00 bits per heavy atom. The van der Waals surface area contributed by atoms with E-state index < -0.39 is 5.97 Å². The van der Waals surface area contributed by atoms with E-state index in [4.69, 9.17) is 9.26 Å². The largest absolute Gasteiger partial charge is 0.454 e. The number of nitrogens with one attached hydrogen (secondary N) is 1. The summed E-state index contributed by atoms with van der Waals surface area (Å²) < 4.78 is 10.1. The highest BCUT2D eigenvalue weighted by Gasteiger charge is 2.12. The molecule has 0 atom stereocenters. The van der Waals surface area contributed by atoms with Gasteiger partial charge in [-0.1, -0.05) is 53.7 Å². The lowest BCUT2D eigenvalue weighted by atomic mass is 10.2. The van der Waals surface area contributed by atoms with E-state index in [1.807, 2.05) is 30.3 Å². The molecule has 0 radical (unpaired) electrons. The van der Waals surface area contributed by atoms with Crippen LogP contribution in [0.5, 0.6) is 0 Å². The number of rotatable bonds is 6. The highest BCUT2D eigenvalue weighted by atomic mass is 16.6. The molecule has 2 aromatic carbocycles. The third-order valence-corrected chi connectivity index (χ3v) is 3.29. The quantitative estimate of drug-likeness (QED) is 0.693. The van der Waals surface area contributed by atoms with Crippen LogP contribution in [0.15, 0.2) is 65.2 Å². The molecule has 0 spiro atoms. The van der Waals surface area contributed by atoms with E-state index in [1.54, 1.807) is 30.3 Å². The summed E-state index contributed by atoms with van der Waals surface area (Å²) in [7, 11) is 0. The van der Waals surface area contributed by atoms with Crippen LogP contribution in [0.4, 0.5) is 0 Å². The van der Waals surface area contributed by atoms with Crippen molar-refractivity contribution >= 4 is 11.9 Å². The van der Waals surface area contributed by atoms with Crippen LogP contribution in [0.2, 0.25) is 0 Å². The summed E-state index contributed by atoms with van der Waals surface area (Å²) in [5.74, 6) is -0.337. The molecule has 0 unspecified atom stereocenters. The SMILES string of the molecule is O=C(CNC(=O)c1ccccc1)OCc1nc(-c2ccccc2)no1. The highest BCUT2D eigenvalue weighted by molar-refractivity contribution is 5.95. The van der Waals surface area contributed by atoms with Gasteiger partial charge in [0.05, 0.1) is 0 Å². The minimum atomic E-state index is -0.594. The molecule has 0 aliphatic heterocycles. The molecular formula is C18H15N3O4. The van der Waals surface area contributed by atoms with Gasteiger partial charge in [0.2, 0.25) is 5.82 Å². The maximum atomic E-state index is 11.8. The van der Waals surface area contributed by atoms with Crippen molar-refractivity contribution in [3.63, 3.8) is 0 Å². The zero-order valence-electron chi connectivity index (χ0n) is 13.2. The van der Waals surface area contributed by atoms with Crippen molar-refractivity contribution in [2.75, 3.05) is 6.54 Å². The number of esters is 1.